The number of carbonyl (C=O) groups excluding carboxylic acids is 4. The summed E-state index contributed by atoms with van der Waals surface area (Å²) in [5, 5.41) is 0. The highest BCUT2D eigenvalue weighted by Gasteiger charge is 2.25. The van der Waals surface area contributed by atoms with Crippen LogP contribution in [0.4, 0.5) is 5.69 Å². The Bertz CT molecular complexity index is 609. The van der Waals surface area contributed by atoms with Gasteiger partial charge in [0.05, 0.1) is 5.69 Å². The number of imide groups is 1. The number of amides is 3. The lowest BCUT2D eigenvalue weighted by molar-refractivity contribution is -0.119. The van der Waals surface area contributed by atoms with Gasteiger partial charge in [0.15, 0.2) is 0 Å². The molecule has 1 aliphatic rings. The minimum atomic E-state index is -0.779. The number of hydrogen-bond donors (Lipinski definition) is 0. The molecule has 1 heterocycles. The lowest BCUT2D eigenvalue weighted by Gasteiger charge is -2.13. The maximum Gasteiger partial charge on any atom is 0.287 e. The van der Waals surface area contributed by atoms with E-state index in [1.807, 2.05) is 0 Å². The van der Waals surface area contributed by atoms with Crippen LogP contribution in [0.15, 0.2) is 41.4 Å². The Labute approximate surface area is 101 Å². The first-order valence-electron chi connectivity index (χ1n) is 4.92. The molecule has 0 aromatic heterocycles. The first kappa shape index (κ1) is 11.6. The molecular formula is C12H6N2O4. The SMILES string of the molecule is O=C=NC(=O)c1cccc(N2C(=O)C=CC2=O)c1. The van der Waals surface area contributed by atoms with Crippen LogP contribution >= 0.6 is 0 Å². The standard InChI is InChI=1S/C12H6N2O4/c15-7-13-12(18)8-2-1-3-9(6-8)14-10(16)4-5-11(14)17/h1-6H. The van der Waals surface area contributed by atoms with Gasteiger partial charge in [-0.05, 0) is 18.2 Å². The highest BCUT2D eigenvalue weighted by molar-refractivity contribution is 6.28. The van der Waals surface area contributed by atoms with E-state index in [0.717, 1.165) is 23.1 Å². The Morgan fingerprint density at radius 2 is 1.83 bits per heavy atom. The Hall–Kier alpha value is -2.85. The second kappa shape index (κ2) is 4.57. The van der Waals surface area contributed by atoms with E-state index in [0.29, 0.717) is 0 Å². The molecule has 0 bridgehead atoms. The molecule has 0 spiro atoms. The van der Waals surface area contributed by atoms with Crippen molar-refractivity contribution in [3.8, 4) is 0 Å². The van der Waals surface area contributed by atoms with Crippen LogP contribution in [0.25, 0.3) is 0 Å². The molecule has 1 aliphatic heterocycles. The van der Waals surface area contributed by atoms with Crippen LogP contribution in [0, 0.1) is 0 Å². The molecule has 0 unspecified atom stereocenters. The van der Waals surface area contributed by atoms with Gasteiger partial charge in [0, 0.05) is 17.7 Å². The largest absolute Gasteiger partial charge is 0.287 e. The van der Waals surface area contributed by atoms with E-state index in [1.165, 1.54) is 24.3 Å². The van der Waals surface area contributed by atoms with E-state index in [1.54, 1.807) is 0 Å². The van der Waals surface area contributed by atoms with Crippen molar-refractivity contribution in [2.45, 2.75) is 0 Å². The molecule has 0 N–H and O–H groups in total. The van der Waals surface area contributed by atoms with Gasteiger partial charge in [0.1, 0.15) is 0 Å². The summed E-state index contributed by atoms with van der Waals surface area (Å²) in [5.41, 5.74) is 0.352. The first-order chi connectivity index (χ1) is 8.63. The molecule has 1 aromatic rings. The fraction of sp³-hybridized carbons (Fsp3) is 0. The molecule has 0 radical (unpaired) electrons. The van der Waals surface area contributed by atoms with Crippen LogP contribution in [-0.4, -0.2) is 23.8 Å². The number of anilines is 1. The number of isocyanates is 1. The lowest BCUT2D eigenvalue weighted by Crippen LogP contribution is -2.29. The maximum absolute atomic E-state index is 11.4. The summed E-state index contributed by atoms with van der Waals surface area (Å²) in [5.74, 6) is -1.74. The number of carbonyl (C=O) groups is 3. The van der Waals surface area contributed by atoms with Gasteiger partial charge in [-0.25, -0.2) is 9.69 Å². The predicted molar refractivity (Wildman–Crippen MR) is 60.5 cm³/mol. The zero-order valence-electron chi connectivity index (χ0n) is 8.99. The molecular weight excluding hydrogens is 236 g/mol. The summed E-state index contributed by atoms with van der Waals surface area (Å²) in [7, 11) is 0. The van der Waals surface area contributed by atoms with Crippen LogP contribution in [0.3, 0.4) is 0 Å². The van der Waals surface area contributed by atoms with Gasteiger partial charge in [0.25, 0.3) is 17.7 Å². The summed E-state index contributed by atoms with van der Waals surface area (Å²) in [6.45, 7) is 0. The molecule has 3 amide bonds. The average molecular weight is 242 g/mol. The first-order valence-corrected chi connectivity index (χ1v) is 4.92. The molecule has 0 fully saturated rings. The number of hydrogen-bond acceptors (Lipinski definition) is 4. The maximum atomic E-state index is 11.4. The van der Waals surface area contributed by atoms with Crippen molar-refractivity contribution < 1.29 is 19.2 Å². The average Bonchev–Trinajstić information content (AvgIpc) is 2.69. The number of aliphatic imine (C=N–C) groups is 1. The van der Waals surface area contributed by atoms with Gasteiger partial charge in [-0.3, -0.25) is 14.4 Å². The Morgan fingerprint density at radius 3 is 2.44 bits per heavy atom. The third-order valence-electron chi connectivity index (χ3n) is 2.31. The number of nitrogens with zero attached hydrogens (tertiary/aromatic N) is 2. The van der Waals surface area contributed by atoms with Crippen LogP contribution in [0.2, 0.25) is 0 Å². The third-order valence-corrected chi connectivity index (χ3v) is 2.31. The second-order valence-corrected chi connectivity index (χ2v) is 3.40. The van der Waals surface area contributed by atoms with Gasteiger partial charge >= 0.3 is 0 Å². The van der Waals surface area contributed by atoms with Crippen molar-refractivity contribution in [2.75, 3.05) is 4.90 Å². The van der Waals surface area contributed by atoms with Crippen molar-refractivity contribution in [3.05, 3.63) is 42.0 Å². The quantitative estimate of drug-likeness (QED) is 0.431. The van der Waals surface area contributed by atoms with Crippen LogP contribution in [0.5, 0.6) is 0 Å². The zero-order valence-corrected chi connectivity index (χ0v) is 8.99. The van der Waals surface area contributed by atoms with Crippen molar-refractivity contribution in [1.82, 2.24) is 0 Å². The third kappa shape index (κ3) is 2.00. The minimum absolute atomic E-state index is 0.100. The molecule has 0 saturated carbocycles. The van der Waals surface area contributed by atoms with E-state index in [2.05, 4.69) is 4.99 Å². The van der Waals surface area contributed by atoms with Gasteiger partial charge in [-0.1, -0.05) is 6.07 Å². The summed E-state index contributed by atoms with van der Waals surface area (Å²) >= 11 is 0. The van der Waals surface area contributed by atoms with Crippen molar-refractivity contribution in [3.63, 3.8) is 0 Å². The van der Waals surface area contributed by atoms with E-state index in [9.17, 15) is 19.2 Å². The summed E-state index contributed by atoms with van der Waals surface area (Å²) in [6, 6.07) is 5.73. The van der Waals surface area contributed by atoms with Crippen molar-refractivity contribution in [2.24, 2.45) is 4.99 Å². The summed E-state index contributed by atoms with van der Waals surface area (Å²) in [4.78, 5) is 48.1. The van der Waals surface area contributed by atoms with Crippen LogP contribution in [0.1, 0.15) is 10.4 Å². The fourth-order valence-electron chi connectivity index (χ4n) is 1.54. The second-order valence-electron chi connectivity index (χ2n) is 3.40. The number of rotatable bonds is 2. The molecule has 18 heavy (non-hydrogen) atoms. The van der Waals surface area contributed by atoms with E-state index < -0.39 is 17.7 Å². The smallest absolute Gasteiger partial charge is 0.269 e. The molecule has 6 nitrogen and oxygen atoms in total. The lowest BCUT2D eigenvalue weighted by atomic mass is 10.2. The molecule has 1 aromatic carbocycles. The van der Waals surface area contributed by atoms with Gasteiger partial charge in [-0.2, -0.15) is 0 Å². The van der Waals surface area contributed by atoms with Crippen molar-refractivity contribution >= 4 is 29.5 Å². The summed E-state index contributed by atoms with van der Waals surface area (Å²) < 4.78 is 0. The van der Waals surface area contributed by atoms with Crippen LogP contribution < -0.4 is 4.90 Å². The fourth-order valence-corrected chi connectivity index (χ4v) is 1.54. The predicted octanol–water partition coefficient (Wildman–Crippen LogP) is 0.592. The molecule has 2 rings (SSSR count). The van der Waals surface area contributed by atoms with Gasteiger partial charge in [0.2, 0.25) is 6.08 Å². The Kier molecular flexibility index (Phi) is 2.95. The molecule has 0 saturated heterocycles. The zero-order chi connectivity index (χ0) is 13.1. The van der Waals surface area contributed by atoms with E-state index in [4.69, 9.17) is 0 Å². The highest BCUT2D eigenvalue weighted by Crippen LogP contribution is 2.20. The van der Waals surface area contributed by atoms with Crippen LogP contribution in [-0.2, 0) is 14.4 Å². The van der Waals surface area contributed by atoms with E-state index >= 15 is 0 Å². The van der Waals surface area contributed by atoms with E-state index in [-0.39, 0.29) is 11.3 Å². The van der Waals surface area contributed by atoms with Crippen molar-refractivity contribution in [1.29, 1.82) is 0 Å². The minimum Gasteiger partial charge on any atom is -0.269 e. The molecule has 0 aliphatic carbocycles. The summed E-state index contributed by atoms with van der Waals surface area (Å²) in [6.07, 6.45) is 3.42. The Morgan fingerprint density at radius 1 is 1.17 bits per heavy atom. The van der Waals surface area contributed by atoms with Gasteiger partial charge in [-0.15, -0.1) is 4.99 Å². The molecule has 6 heteroatoms. The Balaban J connectivity index is 2.39. The monoisotopic (exact) mass is 242 g/mol. The molecule has 88 valence electrons. The topological polar surface area (TPSA) is 83.9 Å². The highest BCUT2D eigenvalue weighted by atomic mass is 16.2. The normalized spacial score (nSPS) is 13.7. The number of benzene rings is 1. The molecule has 0 atom stereocenters. The van der Waals surface area contributed by atoms with Gasteiger partial charge < -0.3 is 0 Å².